The van der Waals surface area contributed by atoms with Gasteiger partial charge in [-0.3, -0.25) is 4.79 Å². The van der Waals surface area contributed by atoms with Crippen LogP contribution in [0.5, 0.6) is 0 Å². The number of fused-ring (bicyclic) bond motifs is 2. The molecule has 6 heteroatoms. The molecule has 3 N–H and O–H groups in total. The van der Waals surface area contributed by atoms with Crippen LogP contribution in [0.4, 0.5) is 5.69 Å². The van der Waals surface area contributed by atoms with Crippen LogP contribution in [-0.4, -0.2) is 21.7 Å². The van der Waals surface area contributed by atoms with Gasteiger partial charge >= 0.3 is 0 Å². The summed E-state index contributed by atoms with van der Waals surface area (Å²) in [5.74, 6) is 1.23. The minimum Gasteiger partial charge on any atom is -0.327 e. The highest BCUT2D eigenvalue weighted by Gasteiger charge is 2.40. The summed E-state index contributed by atoms with van der Waals surface area (Å²) in [7, 11) is 0. The Hall–Kier alpha value is -1.85. The summed E-state index contributed by atoms with van der Waals surface area (Å²) >= 11 is 0. The maximum absolute atomic E-state index is 12.7. The van der Waals surface area contributed by atoms with Crippen molar-refractivity contribution in [3.8, 4) is 5.69 Å². The monoisotopic (exact) mass is 360 g/mol. The summed E-state index contributed by atoms with van der Waals surface area (Å²) in [6.45, 7) is 0. The van der Waals surface area contributed by atoms with Gasteiger partial charge in [-0.15, -0.1) is 12.4 Å². The molecule has 2 atom stereocenters. The molecule has 0 saturated heterocycles. The third kappa shape index (κ3) is 3.72. The largest absolute Gasteiger partial charge is 0.327 e. The van der Waals surface area contributed by atoms with Gasteiger partial charge in [0.2, 0.25) is 5.91 Å². The molecule has 2 fully saturated rings. The van der Waals surface area contributed by atoms with Crippen LogP contribution >= 0.6 is 12.4 Å². The number of aromatic nitrogens is 2. The van der Waals surface area contributed by atoms with Crippen LogP contribution in [0.25, 0.3) is 5.69 Å². The molecular formula is C19H25ClN4O. The molecule has 1 heterocycles. The molecule has 0 aliphatic heterocycles. The number of amides is 1. The van der Waals surface area contributed by atoms with Gasteiger partial charge in [-0.25, -0.2) is 4.68 Å². The molecule has 2 bridgehead atoms. The van der Waals surface area contributed by atoms with Crippen molar-refractivity contribution >= 4 is 24.0 Å². The van der Waals surface area contributed by atoms with Gasteiger partial charge in [0, 0.05) is 12.0 Å². The number of anilines is 1. The molecule has 25 heavy (non-hydrogen) atoms. The molecule has 0 spiro atoms. The first-order valence-electron chi connectivity index (χ1n) is 8.87. The maximum atomic E-state index is 12.7. The number of para-hydroxylation sites is 1. The second kappa shape index (κ2) is 7.58. The zero-order chi connectivity index (χ0) is 16.5. The predicted molar refractivity (Wildman–Crippen MR) is 101 cm³/mol. The topological polar surface area (TPSA) is 72.9 Å². The van der Waals surface area contributed by atoms with Crippen LogP contribution in [0.15, 0.2) is 42.7 Å². The van der Waals surface area contributed by atoms with Gasteiger partial charge in [0.1, 0.15) is 0 Å². The normalized spacial score (nSPS) is 28.0. The number of nitrogens with zero attached hydrogens (tertiary/aromatic N) is 2. The lowest BCUT2D eigenvalue weighted by Gasteiger charge is -2.43. The number of hydrogen-bond acceptors (Lipinski definition) is 3. The number of carbonyl (C=O) groups is 1. The van der Waals surface area contributed by atoms with Crippen LogP contribution in [0, 0.1) is 17.8 Å². The molecule has 2 aromatic rings. The highest BCUT2D eigenvalue weighted by atomic mass is 35.5. The lowest BCUT2D eigenvalue weighted by atomic mass is 9.65. The first kappa shape index (κ1) is 18.0. The van der Waals surface area contributed by atoms with E-state index in [1.807, 2.05) is 36.5 Å². The number of nitrogens with two attached hydrogens (primary N) is 1. The van der Waals surface area contributed by atoms with Crippen LogP contribution in [-0.2, 0) is 4.79 Å². The molecule has 2 aliphatic rings. The minimum atomic E-state index is 0. The van der Waals surface area contributed by atoms with Crippen LogP contribution in [0.2, 0.25) is 0 Å². The van der Waals surface area contributed by atoms with Crippen molar-refractivity contribution in [2.24, 2.45) is 23.5 Å². The Morgan fingerprint density at radius 1 is 1.16 bits per heavy atom. The Labute approximate surface area is 154 Å². The summed E-state index contributed by atoms with van der Waals surface area (Å²) in [4.78, 5) is 12.7. The van der Waals surface area contributed by atoms with Crippen molar-refractivity contribution in [3.05, 3.63) is 42.7 Å². The Morgan fingerprint density at radius 2 is 1.84 bits per heavy atom. The molecule has 1 amide bonds. The maximum Gasteiger partial charge on any atom is 0.227 e. The van der Waals surface area contributed by atoms with E-state index in [0.717, 1.165) is 24.2 Å². The molecule has 2 aliphatic carbocycles. The average molecular weight is 361 g/mol. The zero-order valence-corrected chi connectivity index (χ0v) is 15.0. The van der Waals surface area contributed by atoms with E-state index in [9.17, 15) is 4.79 Å². The third-order valence-electron chi connectivity index (χ3n) is 5.65. The fourth-order valence-electron chi connectivity index (χ4n) is 4.36. The van der Waals surface area contributed by atoms with Crippen molar-refractivity contribution in [3.63, 3.8) is 0 Å². The van der Waals surface area contributed by atoms with E-state index in [0.29, 0.717) is 17.9 Å². The molecule has 0 radical (unpaired) electrons. The zero-order valence-electron chi connectivity index (χ0n) is 14.2. The third-order valence-corrected chi connectivity index (χ3v) is 5.65. The molecule has 4 rings (SSSR count). The molecule has 5 nitrogen and oxygen atoms in total. The number of hydrogen-bond donors (Lipinski definition) is 2. The van der Waals surface area contributed by atoms with E-state index >= 15 is 0 Å². The lowest BCUT2D eigenvalue weighted by Crippen LogP contribution is -2.48. The van der Waals surface area contributed by atoms with E-state index in [4.69, 9.17) is 5.73 Å². The van der Waals surface area contributed by atoms with E-state index in [2.05, 4.69) is 10.4 Å². The SMILES string of the molecule is Cl.NC1C2CCCC1CC(C(=O)Nc1cnn(-c3ccccc3)c1)C2. The van der Waals surface area contributed by atoms with Crippen LogP contribution in [0.1, 0.15) is 32.1 Å². The summed E-state index contributed by atoms with van der Waals surface area (Å²) < 4.78 is 1.78. The number of carbonyl (C=O) groups excluding carboxylic acids is 1. The lowest BCUT2D eigenvalue weighted by molar-refractivity contribution is -0.122. The number of nitrogens with one attached hydrogen (secondary N) is 1. The van der Waals surface area contributed by atoms with Gasteiger partial charge in [-0.2, -0.15) is 5.10 Å². The summed E-state index contributed by atoms with van der Waals surface area (Å²) in [6, 6.07) is 10.2. The summed E-state index contributed by atoms with van der Waals surface area (Å²) in [5, 5.41) is 7.38. The van der Waals surface area contributed by atoms with Crippen molar-refractivity contribution < 1.29 is 4.79 Å². The molecule has 1 aromatic heterocycles. The van der Waals surface area contributed by atoms with Gasteiger partial charge in [0.15, 0.2) is 0 Å². The number of benzene rings is 1. The van der Waals surface area contributed by atoms with E-state index in [1.54, 1.807) is 10.9 Å². The van der Waals surface area contributed by atoms with Crippen molar-refractivity contribution in [2.75, 3.05) is 5.32 Å². The Bertz CT molecular complexity index is 703. The molecular weight excluding hydrogens is 336 g/mol. The Morgan fingerprint density at radius 3 is 2.52 bits per heavy atom. The van der Waals surface area contributed by atoms with E-state index in [-0.39, 0.29) is 24.2 Å². The van der Waals surface area contributed by atoms with Gasteiger partial charge in [-0.05, 0) is 49.7 Å². The molecule has 1 aromatic carbocycles. The highest BCUT2D eigenvalue weighted by molar-refractivity contribution is 5.92. The van der Waals surface area contributed by atoms with Crippen molar-refractivity contribution in [2.45, 2.75) is 38.1 Å². The highest BCUT2D eigenvalue weighted by Crippen LogP contribution is 2.42. The van der Waals surface area contributed by atoms with Gasteiger partial charge < -0.3 is 11.1 Å². The van der Waals surface area contributed by atoms with Crippen molar-refractivity contribution in [1.82, 2.24) is 9.78 Å². The smallest absolute Gasteiger partial charge is 0.227 e. The second-order valence-electron chi connectivity index (χ2n) is 7.20. The standard InChI is InChI=1S/C19H24N4O.ClH/c20-18-13-5-4-6-14(18)10-15(9-13)19(24)22-16-11-21-23(12-16)17-7-2-1-3-8-17;/h1-3,7-8,11-15,18H,4-6,9-10,20H2,(H,22,24);1H. The van der Waals surface area contributed by atoms with E-state index < -0.39 is 0 Å². The van der Waals surface area contributed by atoms with Crippen LogP contribution in [0.3, 0.4) is 0 Å². The molecule has 2 saturated carbocycles. The fraction of sp³-hybridized carbons (Fsp3) is 0.474. The molecule has 134 valence electrons. The summed E-state index contributed by atoms with van der Waals surface area (Å²) in [6.07, 6.45) is 9.04. The van der Waals surface area contributed by atoms with Gasteiger partial charge in [0.25, 0.3) is 0 Å². The fourth-order valence-corrected chi connectivity index (χ4v) is 4.36. The average Bonchev–Trinajstić information content (AvgIpc) is 3.04. The Kier molecular flexibility index (Phi) is 5.45. The van der Waals surface area contributed by atoms with E-state index in [1.165, 1.54) is 19.3 Å². The first-order valence-corrected chi connectivity index (χ1v) is 8.87. The Balaban J connectivity index is 0.00000182. The van der Waals surface area contributed by atoms with Crippen molar-refractivity contribution in [1.29, 1.82) is 0 Å². The van der Waals surface area contributed by atoms with Gasteiger partial charge in [-0.1, -0.05) is 24.6 Å². The quantitative estimate of drug-likeness (QED) is 0.881. The second-order valence-corrected chi connectivity index (χ2v) is 7.20. The summed E-state index contributed by atoms with van der Waals surface area (Å²) in [5.41, 5.74) is 8.06. The van der Waals surface area contributed by atoms with Crippen LogP contribution < -0.4 is 11.1 Å². The predicted octanol–water partition coefficient (Wildman–Crippen LogP) is 3.39. The first-order chi connectivity index (χ1) is 11.7. The number of halogens is 1. The molecule has 2 unspecified atom stereocenters. The minimum absolute atomic E-state index is 0. The van der Waals surface area contributed by atoms with Gasteiger partial charge in [0.05, 0.1) is 23.8 Å². The number of rotatable bonds is 3.